The monoisotopic (exact) mass is 307 g/mol. The van der Waals surface area contributed by atoms with Crippen LogP contribution in [-0.4, -0.2) is 47.8 Å². The van der Waals surface area contributed by atoms with Crippen LogP contribution in [-0.2, 0) is 9.59 Å². The number of nitrogens with zero attached hydrogens (tertiary/aromatic N) is 2. The summed E-state index contributed by atoms with van der Waals surface area (Å²) in [5, 5.41) is 2.59. The van der Waals surface area contributed by atoms with E-state index >= 15 is 0 Å². The Morgan fingerprint density at radius 1 is 1.36 bits per heavy atom. The summed E-state index contributed by atoms with van der Waals surface area (Å²) >= 11 is 0. The minimum absolute atomic E-state index is 0.0771. The van der Waals surface area contributed by atoms with Gasteiger partial charge in [-0.3, -0.25) is 14.5 Å². The molecule has 118 valence electrons. The fourth-order valence-electron chi connectivity index (χ4n) is 2.18. The average Bonchev–Trinajstić information content (AvgIpc) is 2.69. The number of anilines is 1. The molecule has 0 aromatic heterocycles. The molecule has 1 saturated heterocycles. The number of urea groups is 1. The lowest BCUT2D eigenvalue weighted by atomic mass is 10.2. The molecule has 0 aliphatic carbocycles. The van der Waals surface area contributed by atoms with Gasteiger partial charge in [-0.2, -0.15) is 0 Å². The van der Waals surface area contributed by atoms with Gasteiger partial charge < -0.3 is 10.2 Å². The van der Waals surface area contributed by atoms with E-state index in [1.165, 1.54) is 11.0 Å². The molecule has 1 heterocycles. The average molecular weight is 307 g/mol. The maximum absolute atomic E-state index is 13.4. The van der Waals surface area contributed by atoms with Gasteiger partial charge in [-0.05, 0) is 31.0 Å². The molecule has 0 atom stereocenters. The molecule has 0 radical (unpaired) electrons. The molecule has 4 amide bonds. The van der Waals surface area contributed by atoms with Crippen molar-refractivity contribution in [3.8, 4) is 0 Å². The van der Waals surface area contributed by atoms with Gasteiger partial charge in [0.25, 0.3) is 0 Å². The fourth-order valence-corrected chi connectivity index (χ4v) is 2.18. The van der Waals surface area contributed by atoms with Crippen LogP contribution in [0.1, 0.15) is 18.4 Å². The first kappa shape index (κ1) is 15.9. The Hall–Kier alpha value is -2.44. The van der Waals surface area contributed by atoms with Crippen molar-refractivity contribution in [3.63, 3.8) is 0 Å². The number of carbonyl (C=O) groups excluding carboxylic acids is 3. The topological polar surface area (TPSA) is 69.7 Å². The number of hydrogen-bond donors (Lipinski definition) is 1. The molecule has 6 nitrogen and oxygen atoms in total. The van der Waals surface area contributed by atoms with Gasteiger partial charge in [0.1, 0.15) is 12.4 Å². The Labute approximate surface area is 127 Å². The molecular formula is C15H18FN3O3. The molecule has 7 heteroatoms. The quantitative estimate of drug-likeness (QED) is 0.843. The lowest BCUT2D eigenvalue weighted by Crippen LogP contribution is -2.32. The predicted molar refractivity (Wildman–Crippen MR) is 78.7 cm³/mol. The maximum atomic E-state index is 13.4. The molecule has 0 unspecified atom stereocenters. The number of benzene rings is 1. The summed E-state index contributed by atoms with van der Waals surface area (Å²) in [6.07, 6.45) is 0.516. The summed E-state index contributed by atoms with van der Waals surface area (Å²) in [5.41, 5.74) is 0.898. The second kappa shape index (κ2) is 6.55. The molecule has 1 aromatic rings. The van der Waals surface area contributed by atoms with Gasteiger partial charge >= 0.3 is 6.03 Å². The Bertz CT molecular complexity index is 618. The van der Waals surface area contributed by atoms with Gasteiger partial charge in [0.2, 0.25) is 11.8 Å². The largest absolute Gasteiger partial charge is 0.326 e. The molecule has 1 fully saturated rings. The Kier molecular flexibility index (Phi) is 4.75. The summed E-state index contributed by atoms with van der Waals surface area (Å²) in [4.78, 5) is 37.4. The van der Waals surface area contributed by atoms with Crippen molar-refractivity contribution in [1.82, 2.24) is 9.80 Å². The van der Waals surface area contributed by atoms with E-state index in [9.17, 15) is 18.8 Å². The van der Waals surface area contributed by atoms with Crippen LogP contribution in [0, 0.1) is 12.7 Å². The van der Waals surface area contributed by atoms with Crippen molar-refractivity contribution in [3.05, 3.63) is 29.6 Å². The highest BCUT2D eigenvalue weighted by Crippen LogP contribution is 2.14. The number of amides is 4. The third-order valence-corrected chi connectivity index (χ3v) is 3.47. The van der Waals surface area contributed by atoms with E-state index in [2.05, 4.69) is 5.32 Å². The summed E-state index contributed by atoms with van der Waals surface area (Å²) in [7, 11) is 1.55. The molecule has 0 spiro atoms. The Morgan fingerprint density at radius 3 is 2.68 bits per heavy atom. The Balaban J connectivity index is 1.79. The normalized spacial score (nSPS) is 14.7. The summed E-state index contributed by atoms with van der Waals surface area (Å²) in [6, 6.07) is 4.13. The number of imide groups is 1. The second-order valence-electron chi connectivity index (χ2n) is 5.30. The molecule has 2 rings (SSSR count). The van der Waals surface area contributed by atoms with Crippen LogP contribution in [0.15, 0.2) is 18.2 Å². The van der Waals surface area contributed by atoms with E-state index in [4.69, 9.17) is 0 Å². The minimum Gasteiger partial charge on any atom is -0.326 e. The van der Waals surface area contributed by atoms with Gasteiger partial charge in [0.15, 0.2) is 0 Å². The lowest BCUT2D eigenvalue weighted by Gasteiger charge is -2.13. The van der Waals surface area contributed by atoms with E-state index in [-0.39, 0.29) is 43.2 Å². The number of halogens is 1. The van der Waals surface area contributed by atoms with E-state index in [1.807, 2.05) is 0 Å². The molecule has 1 aliphatic rings. The highest BCUT2D eigenvalue weighted by atomic mass is 19.1. The number of likely N-dealkylation sites (N-methyl/N-ethyl adjacent to an activating group) is 1. The van der Waals surface area contributed by atoms with E-state index in [1.54, 1.807) is 26.1 Å². The molecule has 22 heavy (non-hydrogen) atoms. The van der Waals surface area contributed by atoms with Gasteiger partial charge in [-0.25, -0.2) is 9.18 Å². The second-order valence-corrected chi connectivity index (χ2v) is 5.30. The van der Waals surface area contributed by atoms with Crippen LogP contribution in [0.2, 0.25) is 0 Å². The highest BCUT2D eigenvalue weighted by Gasteiger charge is 2.32. The Morgan fingerprint density at radius 2 is 2.09 bits per heavy atom. The smallest absolute Gasteiger partial charge is 0.326 e. The molecule has 0 saturated carbocycles. The number of rotatable bonds is 5. The predicted octanol–water partition coefficient (Wildman–Crippen LogP) is 1.75. The van der Waals surface area contributed by atoms with Crippen LogP contribution in [0.25, 0.3) is 0 Å². The third kappa shape index (κ3) is 3.60. The fraction of sp³-hybridized carbons (Fsp3) is 0.400. The van der Waals surface area contributed by atoms with Crippen LogP contribution in [0.5, 0.6) is 0 Å². The van der Waals surface area contributed by atoms with E-state index < -0.39 is 0 Å². The molecule has 0 bridgehead atoms. The van der Waals surface area contributed by atoms with Gasteiger partial charge in [-0.1, -0.05) is 6.07 Å². The van der Waals surface area contributed by atoms with Gasteiger partial charge in [0.05, 0.1) is 0 Å². The van der Waals surface area contributed by atoms with Crippen molar-refractivity contribution in [2.45, 2.75) is 19.8 Å². The van der Waals surface area contributed by atoms with Crippen molar-refractivity contribution >= 4 is 23.5 Å². The maximum Gasteiger partial charge on any atom is 0.326 e. The molecule has 1 aromatic carbocycles. The van der Waals surface area contributed by atoms with Crippen molar-refractivity contribution in [2.24, 2.45) is 0 Å². The van der Waals surface area contributed by atoms with Crippen LogP contribution < -0.4 is 5.32 Å². The third-order valence-electron chi connectivity index (χ3n) is 3.47. The summed E-state index contributed by atoms with van der Waals surface area (Å²) in [5.74, 6) is -0.918. The van der Waals surface area contributed by atoms with E-state index in [0.717, 1.165) is 4.90 Å². The summed E-state index contributed by atoms with van der Waals surface area (Å²) in [6.45, 7) is 1.92. The number of hydrogen-bond acceptors (Lipinski definition) is 3. The SMILES string of the molecule is Cc1ccc(NC(=O)CCCN2C(=O)CN(C)C2=O)cc1F. The van der Waals surface area contributed by atoms with Crippen molar-refractivity contribution in [2.75, 3.05) is 25.5 Å². The number of aryl methyl sites for hydroxylation is 1. The van der Waals surface area contributed by atoms with Gasteiger partial charge in [0, 0.05) is 25.7 Å². The zero-order valence-electron chi connectivity index (χ0n) is 12.6. The zero-order chi connectivity index (χ0) is 16.3. The molecule has 1 aliphatic heterocycles. The highest BCUT2D eigenvalue weighted by molar-refractivity contribution is 6.01. The lowest BCUT2D eigenvalue weighted by molar-refractivity contribution is -0.125. The standard InChI is InChI=1S/C15H18FN3O3/c1-10-5-6-11(8-12(10)16)17-13(20)4-3-7-19-14(21)9-18(2)15(19)22/h5-6,8H,3-4,7,9H2,1-2H3,(H,17,20). The first-order chi connectivity index (χ1) is 10.4. The van der Waals surface area contributed by atoms with Crippen molar-refractivity contribution in [1.29, 1.82) is 0 Å². The van der Waals surface area contributed by atoms with Crippen LogP contribution in [0.4, 0.5) is 14.9 Å². The zero-order valence-corrected chi connectivity index (χ0v) is 12.6. The first-order valence-electron chi connectivity index (χ1n) is 7.00. The number of nitrogens with one attached hydrogen (secondary N) is 1. The molecular weight excluding hydrogens is 289 g/mol. The number of carbonyl (C=O) groups is 3. The summed E-state index contributed by atoms with van der Waals surface area (Å²) < 4.78 is 13.4. The molecule has 1 N–H and O–H groups in total. The van der Waals surface area contributed by atoms with Crippen molar-refractivity contribution < 1.29 is 18.8 Å². The van der Waals surface area contributed by atoms with E-state index in [0.29, 0.717) is 17.7 Å². The van der Waals surface area contributed by atoms with Gasteiger partial charge in [-0.15, -0.1) is 0 Å². The van der Waals surface area contributed by atoms with Crippen LogP contribution in [0.3, 0.4) is 0 Å². The first-order valence-corrected chi connectivity index (χ1v) is 7.00. The van der Waals surface area contributed by atoms with Crippen LogP contribution >= 0.6 is 0 Å². The minimum atomic E-state index is -0.380.